The number of carbonyl (C=O) groups is 2. The number of nitrogens with zero attached hydrogens (tertiary/aromatic N) is 2. The molecule has 126 valence electrons. The van der Waals surface area contributed by atoms with Crippen LogP contribution in [0, 0.1) is 6.92 Å². The Bertz CT molecular complexity index is 744. The number of phenolic OH excluding ortho intramolecular Hbond substituents is 1. The molecule has 24 heavy (non-hydrogen) atoms. The van der Waals surface area contributed by atoms with Gasteiger partial charge in [0.2, 0.25) is 5.91 Å². The molecule has 2 rings (SSSR count). The van der Waals surface area contributed by atoms with Crippen molar-refractivity contribution >= 4 is 17.6 Å². The van der Waals surface area contributed by atoms with Crippen LogP contribution in [0.25, 0.3) is 0 Å². The second kappa shape index (κ2) is 7.45. The van der Waals surface area contributed by atoms with Gasteiger partial charge in [-0.2, -0.15) is 0 Å². The molecule has 0 saturated heterocycles. The van der Waals surface area contributed by atoms with Gasteiger partial charge in [-0.1, -0.05) is 6.07 Å². The van der Waals surface area contributed by atoms with Gasteiger partial charge in [0, 0.05) is 19.3 Å². The summed E-state index contributed by atoms with van der Waals surface area (Å²) in [5.41, 5.74) is 1.08. The number of methoxy groups -OCH3 is 1. The molecule has 0 saturated carbocycles. The zero-order valence-electron chi connectivity index (χ0n) is 13.7. The summed E-state index contributed by atoms with van der Waals surface area (Å²) in [4.78, 5) is 29.6. The van der Waals surface area contributed by atoms with Crippen LogP contribution in [0.5, 0.6) is 11.5 Å². The van der Waals surface area contributed by atoms with E-state index < -0.39 is 5.91 Å². The molecule has 7 heteroatoms. The average Bonchev–Trinajstić information content (AvgIpc) is 2.56. The first kappa shape index (κ1) is 17.3. The maximum absolute atomic E-state index is 12.3. The lowest BCUT2D eigenvalue weighted by atomic mass is 10.1. The number of hydrogen-bond acceptors (Lipinski definition) is 5. The van der Waals surface area contributed by atoms with Crippen molar-refractivity contribution in [3.63, 3.8) is 0 Å². The number of pyridine rings is 1. The Hall–Kier alpha value is -3.09. The minimum atomic E-state index is -0.470. The molecule has 2 aromatic rings. The van der Waals surface area contributed by atoms with Gasteiger partial charge in [0.05, 0.1) is 19.2 Å². The quantitative estimate of drug-likeness (QED) is 0.873. The van der Waals surface area contributed by atoms with E-state index in [0.717, 1.165) is 5.56 Å². The zero-order valence-corrected chi connectivity index (χ0v) is 13.7. The summed E-state index contributed by atoms with van der Waals surface area (Å²) in [6, 6.07) is 7.87. The summed E-state index contributed by atoms with van der Waals surface area (Å²) >= 11 is 0. The molecule has 7 nitrogen and oxygen atoms in total. The fraction of sp³-hybridized carbons (Fsp3) is 0.235. The maximum atomic E-state index is 12.3. The highest BCUT2D eigenvalue weighted by Crippen LogP contribution is 2.24. The second-order valence-corrected chi connectivity index (χ2v) is 5.31. The van der Waals surface area contributed by atoms with Gasteiger partial charge < -0.3 is 20.1 Å². The van der Waals surface area contributed by atoms with E-state index in [1.807, 2.05) is 13.0 Å². The van der Waals surface area contributed by atoms with Crippen LogP contribution in [0.15, 0.2) is 36.5 Å². The third-order valence-electron chi connectivity index (χ3n) is 3.34. The third kappa shape index (κ3) is 4.22. The number of amides is 2. The normalized spacial score (nSPS) is 10.1. The van der Waals surface area contributed by atoms with E-state index in [-0.39, 0.29) is 23.8 Å². The van der Waals surface area contributed by atoms with Crippen LogP contribution in [0.2, 0.25) is 0 Å². The minimum Gasteiger partial charge on any atom is -0.507 e. The Morgan fingerprint density at radius 2 is 2.04 bits per heavy atom. The molecule has 0 aliphatic carbocycles. The van der Waals surface area contributed by atoms with Crippen molar-refractivity contribution in [2.75, 3.05) is 26.0 Å². The molecule has 0 spiro atoms. The van der Waals surface area contributed by atoms with Crippen LogP contribution in [0.3, 0.4) is 0 Å². The lowest BCUT2D eigenvalue weighted by molar-refractivity contribution is -0.116. The first-order valence-corrected chi connectivity index (χ1v) is 7.25. The molecule has 0 radical (unpaired) electrons. The Morgan fingerprint density at radius 1 is 1.29 bits per heavy atom. The lowest BCUT2D eigenvalue weighted by Gasteiger charge is -2.17. The van der Waals surface area contributed by atoms with E-state index >= 15 is 0 Å². The fourth-order valence-corrected chi connectivity index (χ4v) is 2.04. The molecular formula is C17H19N3O4. The van der Waals surface area contributed by atoms with Crippen LogP contribution >= 0.6 is 0 Å². The van der Waals surface area contributed by atoms with Crippen molar-refractivity contribution in [2.24, 2.45) is 0 Å². The number of aromatic nitrogens is 1. The van der Waals surface area contributed by atoms with Crippen LogP contribution in [0.4, 0.5) is 5.82 Å². The van der Waals surface area contributed by atoms with Crippen molar-refractivity contribution in [1.29, 1.82) is 0 Å². The highest BCUT2D eigenvalue weighted by atomic mass is 16.5. The number of aromatic hydroxyl groups is 1. The molecule has 1 aromatic carbocycles. The van der Waals surface area contributed by atoms with Gasteiger partial charge in [0.1, 0.15) is 17.3 Å². The molecule has 1 heterocycles. The third-order valence-corrected chi connectivity index (χ3v) is 3.34. The minimum absolute atomic E-state index is 0.0968. The number of ether oxygens (including phenoxy) is 1. The molecule has 0 unspecified atom stereocenters. The predicted octanol–water partition coefficient (Wildman–Crippen LogP) is 1.81. The molecule has 0 fully saturated rings. The van der Waals surface area contributed by atoms with Crippen molar-refractivity contribution in [3.05, 3.63) is 47.7 Å². The molecule has 2 amide bonds. The van der Waals surface area contributed by atoms with Gasteiger partial charge in [-0.15, -0.1) is 0 Å². The summed E-state index contributed by atoms with van der Waals surface area (Å²) in [5, 5.41) is 12.5. The molecule has 2 N–H and O–H groups in total. The van der Waals surface area contributed by atoms with E-state index in [4.69, 9.17) is 4.74 Å². The zero-order chi connectivity index (χ0) is 17.7. The van der Waals surface area contributed by atoms with Gasteiger partial charge in [0.15, 0.2) is 0 Å². The Kier molecular flexibility index (Phi) is 5.36. The van der Waals surface area contributed by atoms with E-state index in [1.165, 1.54) is 31.2 Å². The molecule has 1 aromatic heterocycles. The second-order valence-electron chi connectivity index (χ2n) is 5.31. The number of hydrogen-bond donors (Lipinski definition) is 2. The van der Waals surface area contributed by atoms with Crippen molar-refractivity contribution in [2.45, 2.75) is 6.92 Å². The predicted molar refractivity (Wildman–Crippen MR) is 89.2 cm³/mol. The number of likely N-dealkylation sites (N-methyl/N-ethyl adjacent to an activating group) is 1. The fourth-order valence-electron chi connectivity index (χ4n) is 2.04. The Morgan fingerprint density at radius 3 is 2.62 bits per heavy atom. The highest BCUT2D eigenvalue weighted by Gasteiger charge is 2.18. The molecule has 0 atom stereocenters. The Labute approximate surface area is 139 Å². The van der Waals surface area contributed by atoms with E-state index in [2.05, 4.69) is 10.3 Å². The van der Waals surface area contributed by atoms with Gasteiger partial charge in [-0.25, -0.2) is 4.98 Å². The smallest absolute Gasteiger partial charge is 0.257 e. The van der Waals surface area contributed by atoms with Crippen molar-refractivity contribution < 1.29 is 19.4 Å². The van der Waals surface area contributed by atoms with Crippen LogP contribution in [0.1, 0.15) is 15.9 Å². The standard InChI is InChI=1S/C17H19N3O4/c1-11-4-7-15(18-9-11)19-16(22)10-20(2)17(23)13-6-5-12(24-3)8-14(13)21/h4-9,21H,10H2,1-3H3,(H,18,19,22). The van der Waals surface area contributed by atoms with Crippen LogP contribution < -0.4 is 10.1 Å². The van der Waals surface area contributed by atoms with Gasteiger partial charge >= 0.3 is 0 Å². The molecular weight excluding hydrogens is 310 g/mol. The van der Waals surface area contributed by atoms with E-state index in [9.17, 15) is 14.7 Å². The van der Waals surface area contributed by atoms with E-state index in [1.54, 1.807) is 18.3 Å². The molecule has 0 aliphatic rings. The number of aryl methyl sites for hydroxylation is 1. The van der Waals surface area contributed by atoms with Crippen molar-refractivity contribution in [1.82, 2.24) is 9.88 Å². The number of anilines is 1. The van der Waals surface area contributed by atoms with Gasteiger partial charge in [0.25, 0.3) is 5.91 Å². The summed E-state index contributed by atoms with van der Waals surface area (Å²) < 4.78 is 4.97. The lowest BCUT2D eigenvalue weighted by Crippen LogP contribution is -2.35. The number of phenols is 1. The SMILES string of the molecule is COc1ccc(C(=O)N(C)CC(=O)Nc2ccc(C)cn2)c(O)c1. The van der Waals surface area contributed by atoms with Crippen LogP contribution in [-0.2, 0) is 4.79 Å². The first-order chi connectivity index (χ1) is 11.4. The van der Waals surface area contributed by atoms with Crippen LogP contribution in [-0.4, -0.2) is 47.5 Å². The van der Waals surface area contributed by atoms with E-state index in [0.29, 0.717) is 11.6 Å². The highest BCUT2D eigenvalue weighted by molar-refractivity contribution is 6.00. The number of nitrogens with one attached hydrogen (secondary N) is 1. The summed E-state index contributed by atoms with van der Waals surface area (Å²) in [5.74, 6) is -0.196. The number of carbonyl (C=O) groups excluding carboxylic acids is 2. The first-order valence-electron chi connectivity index (χ1n) is 7.25. The topological polar surface area (TPSA) is 91.8 Å². The summed E-state index contributed by atoms with van der Waals surface area (Å²) in [6.45, 7) is 1.73. The van der Waals surface area contributed by atoms with Gasteiger partial charge in [-0.05, 0) is 30.7 Å². The summed E-state index contributed by atoms with van der Waals surface area (Å²) in [7, 11) is 2.94. The summed E-state index contributed by atoms with van der Waals surface area (Å²) in [6.07, 6.45) is 1.64. The van der Waals surface area contributed by atoms with Crippen molar-refractivity contribution in [3.8, 4) is 11.5 Å². The maximum Gasteiger partial charge on any atom is 0.257 e. The number of benzene rings is 1. The Balaban J connectivity index is 2.00. The monoisotopic (exact) mass is 329 g/mol. The molecule has 0 bridgehead atoms. The average molecular weight is 329 g/mol. The largest absolute Gasteiger partial charge is 0.507 e. The van der Waals surface area contributed by atoms with Gasteiger partial charge in [-0.3, -0.25) is 9.59 Å². The molecule has 0 aliphatic heterocycles. The number of rotatable bonds is 5.